The maximum Gasteiger partial charge on any atom is 0.276 e. The van der Waals surface area contributed by atoms with Crippen molar-refractivity contribution >= 4 is 5.91 Å². The SMILES string of the molecule is Cc1c(C(=O)N2CCN(C)CC23CCCCC3)nnn1-c1ccccc1. The molecule has 0 atom stereocenters. The van der Waals surface area contributed by atoms with Gasteiger partial charge in [0, 0.05) is 19.6 Å². The van der Waals surface area contributed by atoms with Crippen molar-refractivity contribution in [1.29, 1.82) is 0 Å². The monoisotopic (exact) mass is 353 g/mol. The Balaban J connectivity index is 1.65. The van der Waals surface area contributed by atoms with E-state index in [9.17, 15) is 4.79 Å². The lowest BCUT2D eigenvalue weighted by Crippen LogP contribution is -2.64. The minimum atomic E-state index is -0.0364. The van der Waals surface area contributed by atoms with Crippen LogP contribution in [0.25, 0.3) is 5.69 Å². The van der Waals surface area contributed by atoms with E-state index in [0.717, 1.165) is 43.9 Å². The number of likely N-dealkylation sites (N-methyl/N-ethyl adjacent to an activating group) is 1. The lowest BCUT2D eigenvalue weighted by Gasteiger charge is -2.52. The van der Waals surface area contributed by atoms with Gasteiger partial charge in [-0.05, 0) is 38.9 Å². The molecule has 0 unspecified atom stereocenters. The van der Waals surface area contributed by atoms with Crippen LogP contribution in [0.4, 0.5) is 0 Å². The second-order valence-electron chi connectivity index (χ2n) is 7.75. The first-order valence-electron chi connectivity index (χ1n) is 9.59. The predicted octanol–water partition coefficient (Wildman–Crippen LogP) is 2.67. The Hall–Kier alpha value is -2.21. The maximum atomic E-state index is 13.4. The van der Waals surface area contributed by atoms with E-state index in [4.69, 9.17) is 0 Å². The molecule has 2 aliphatic rings. The maximum absolute atomic E-state index is 13.4. The lowest BCUT2D eigenvalue weighted by molar-refractivity contribution is -0.00822. The van der Waals surface area contributed by atoms with Gasteiger partial charge in [0.15, 0.2) is 5.69 Å². The Labute approximate surface area is 154 Å². The summed E-state index contributed by atoms with van der Waals surface area (Å²) in [5.41, 5.74) is 2.20. The molecule has 6 heteroatoms. The van der Waals surface area contributed by atoms with E-state index < -0.39 is 0 Å². The van der Waals surface area contributed by atoms with Crippen LogP contribution >= 0.6 is 0 Å². The van der Waals surface area contributed by atoms with Gasteiger partial charge in [0.25, 0.3) is 5.91 Å². The van der Waals surface area contributed by atoms with E-state index in [1.807, 2.05) is 37.3 Å². The average Bonchev–Trinajstić information content (AvgIpc) is 3.04. The first kappa shape index (κ1) is 17.2. The Morgan fingerprint density at radius 2 is 1.81 bits per heavy atom. The molecule has 1 saturated carbocycles. The number of amides is 1. The molecule has 1 aliphatic carbocycles. The zero-order chi connectivity index (χ0) is 18.1. The van der Waals surface area contributed by atoms with Crippen LogP contribution in [-0.4, -0.2) is 62.9 Å². The van der Waals surface area contributed by atoms with E-state index in [1.54, 1.807) is 4.68 Å². The number of aromatic nitrogens is 3. The molecule has 2 heterocycles. The zero-order valence-electron chi connectivity index (χ0n) is 15.7. The lowest BCUT2D eigenvalue weighted by atomic mass is 9.78. The Morgan fingerprint density at radius 3 is 2.54 bits per heavy atom. The molecule has 2 fully saturated rings. The van der Waals surface area contributed by atoms with Crippen molar-refractivity contribution in [3.63, 3.8) is 0 Å². The van der Waals surface area contributed by atoms with Crippen LogP contribution in [0.2, 0.25) is 0 Å². The topological polar surface area (TPSA) is 54.3 Å². The standard InChI is InChI=1S/C20H27N5O/c1-16-18(21-22-25(16)17-9-5-3-6-10-17)19(26)24-14-13-23(2)15-20(24)11-7-4-8-12-20/h3,5-6,9-10H,4,7-8,11-15H2,1-2H3. The summed E-state index contributed by atoms with van der Waals surface area (Å²) in [6.07, 6.45) is 5.86. The fourth-order valence-corrected chi connectivity index (χ4v) is 4.60. The molecule has 0 bridgehead atoms. The number of benzene rings is 1. The number of nitrogens with zero attached hydrogens (tertiary/aromatic N) is 5. The molecule has 6 nitrogen and oxygen atoms in total. The summed E-state index contributed by atoms with van der Waals surface area (Å²) in [7, 11) is 2.16. The Bertz CT molecular complexity index is 779. The van der Waals surface area contributed by atoms with Gasteiger partial charge < -0.3 is 9.80 Å². The van der Waals surface area contributed by atoms with Gasteiger partial charge in [-0.1, -0.05) is 42.7 Å². The van der Waals surface area contributed by atoms with Gasteiger partial charge in [0.05, 0.1) is 16.9 Å². The first-order valence-corrected chi connectivity index (χ1v) is 9.59. The second-order valence-corrected chi connectivity index (χ2v) is 7.75. The third kappa shape index (κ3) is 2.92. The van der Waals surface area contributed by atoms with Crippen molar-refractivity contribution in [2.75, 3.05) is 26.7 Å². The number of piperazine rings is 1. The van der Waals surface area contributed by atoms with Gasteiger partial charge in [-0.3, -0.25) is 4.79 Å². The molecule has 1 aromatic carbocycles. The molecule has 1 aromatic heterocycles. The summed E-state index contributed by atoms with van der Waals surface area (Å²) >= 11 is 0. The number of para-hydroxylation sites is 1. The van der Waals surface area contributed by atoms with Crippen molar-refractivity contribution in [1.82, 2.24) is 24.8 Å². The highest BCUT2D eigenvalue weighted by Crippen LogP contribution is 2.37. The summed E-state index contributed by atoms with van der Waals surface area (Å²) in [4.78, 5) is 17.9. The van der Waals surface area contributed by atoms with Crippen molar-refractivity contribution in [3.8, 4) is 5.69 Å². The summed E-state index contributed by atoms with van der Waals surface area (Å²) in [6.45, 7) is 4.58. The fraction of sp³-hybridized carbons (Fsp3) is 0.550. The highest BCUT2D eigenvalue weighted by molar-refractivity contribution is 5.94. The number of hydrogen-bond donors (Lipinski definition) is 0. The van der Waals surface area contributed by atoms with E-state index in [0.29, 0.717) is 5.69 Å². The molecule has 138 valence electrons. The van der Waals surface area contributed by atoms with Crippen LogP contribution < -0.4 is 0 Å². The van der Waals surface area contributed by atoms with Crippen LogP contribution in [0.5, 0.6) is 0 Å². The van der Waals surface area contributed by atoms with Crippen LogP contribution in [0, 0.1) is 6.92 Å². The van der Waals surface area contributed by atoms with Crippen LogP contribution in [-0.2, 0) is 0 Å². The van der Waals surface area contributed by atoms with Gasteiger partial charge in [-0.25, -0.2) is 4.68 Å². The highest BCUT2D eigenvalue weighted by Gasteiger charge is 2.45. The molecule has 0 radical (unpaired) electrons. The second kappa shape index (κ2) is 6.83. The number of rotatable bonds is 2. The Morgan fingerprint density at radius 1 is 1.08 bits per heavy atom. The molecule has 2 aromatic rings. The van der Waals surface area contributed by atoms with Gasteiger partial charge in [0.2, 0.25) is 0 Å². The van der Waals surface area contributed by atoms with Crippen LogP contribution in [0.3, 0.4) is 0 Å². The summed E-state index contributed by atoms with van der Waals surface area (Å²) in [5, 5.41) is 8.53. The number of carbonyl (C=O) groups excluding carboxylic acids is 1. The van der Waals surface area contributed by atoms with Crippen molar-refractivity contribution in [3.05, 3.63) is 41.7 Å². The molecule has 4 rings (SSSR count). The summed E-state index contributed by atoms with van der Waals surface area (Å²) < 4.78 is 1.76. The minimum absolute atomic E-state index is 0.0364. The first-order chi connectivity index (χ1) is 12.6. The van der Waals surface area contributed by atoms with Crippen LogP contribution in [0.15, 0.2) is 30.3 Å². The quantitative estimate of drug-likeness (QED) is 0.833. The molecule has 1 saturated heterocycles. The largest absolute Gasteiger partial charge is 0.329 e. The van der Waals surface area contributed by atoms with Crippen molar-refractivity contribution < 1.29 is 4.79 Å². The smallest absolute Gasteiger partial charge is 0.276 e. The number of carbonyl (C=O) groups is 1. The van der Waals surface area contributed by atoms with E-state index >= 15 is 0 Å². The zero-order valence-corrected chi connectivity index (χ0v) is 15.7. The average molecular weight is 353 g/mol. The summed E-state index contributed by atoms with van der Waals surface area (Å²) in [5.74, 6) is 0.0414. The fourth-order valence-electron chi connectivity index (χ4n) is 4.60. The molecular formula is C20H27N5O. The molecule has 26 heavy (non-hydrogen) atoms. The number of hydrogen-bond acceptors (Lipinski definition) is 4. The van der Waals surface area contributed by atoms with Crippen molar-refractivity contribution in [2.24, 2.45) is 0 Å². The van der Waals surface area contributed by atoms with Gasteiger partial charge in [0.1, 0.15) is 0 Å². The Kier molecular flexibility index (Phi) is 4.53. The highest BCUT2D eigenvalue weighted by atomic mass is 16.2. The van der Waals surface area contributed by atoms with Gasteiger partial charge in [-0.15, -0.1) is 5.10 Å². The molecule has 1 spiro atoms. The third-order valence-electron chi connectivity index (χ3n) is 5.97. The third-order valence-corrected chi connectivity index (χ3v) is 5.97. The van der Waals surface area contributed by atoms with E-state index in [1.165, 1.54) is 19.3 Å². The molecule has 1 aliphatic heterocycles. The summed E-state index contributed by atoms with van der Waals surface area (Å²) in [6, 6.07) is 9.87. The normalized spacial score (nSPS) is 20.5. The molecular weight excluding hydrogens is 326 g/mol. The molecule has 1 amide bonds. The minimum Gasteiger partial charge on any atom is -0.329 e. The van der Waals surface area contributed by atoms with Gasteiger partial charge in [-0.2, -0.15) is 0 Å². The van der Waals surface area contributed by atoms with E-state index in [2.05, 4.69) is 27.2 Å². The predicted molar refractivity (Wildman–Crippen MR) is 100 cm³/mol. The van der Waals surface area contributed by atoms with Crippen molar-refractivity contribution in [2.45, 2.75) is 44.6 Å². The van der Waals surface area contributed by atoms with Gasteiger partial charge >= 0.3 is 0 Å². The van der Waals surface area contributed by atoms with Crippen LogP contribution in [0.1, 0.15) is 48.3 Å². The van der Waals surface area contributed by atoms with E-state index in [-0.39, 0.29) is 11.4 Å². The molecule has 0 N–H and O–H groups in total.